The Bertz CT molecular complexity index is 1740. The Morgan fingerprint density at radius 3 is 2.64 bits per heavy atom. The molecule has 1 aromatic rings. The van der Waals surface area contributed by atoms with Crippen LogP contribution in [0.25, 0.3) is 0 Å². The summed E-state index contributed by atoms with van der Waals surface area (Å²) in [5, 5.41) is 24.0. The Morgan fingerprint density at radius 1 is 1.06 bits per heavy atom. The summed E-state index contributed by atoms with van der Waals surface area (Å²) in [6.45, 7) is 12.1. The number of hydrogen-bond donors (Lipinski definition) is 2. The summed E-state index contributed by atoms with van der Waals surface area (Å²) in [4.78, 5) is 28.0. The van der Waals surface area contributed by atoms with Gasteiger partial charge in [-0.3, -0.25) is 4.79 Å². The van der Waals surface area contributed by atoms with Gasteiger partial charge in [0.05, 0.1) is 30.5 Å². The van der Waals surface area contributed by atoms with E-state index in [0.717, 1.165) is 12.0 Å². The van der Waals surface area contributed by atoms with Crippen molar-refractivity contribution in [3.05, 3.63) is 83.0 Å². The standard InChI is InChI=1S/C42H52O11/c1-7-23(2)36-26(5)15-16-41(53-36)20-31-19-30(52-41)13-11-25(4)35(43)24(3)9-8-10-29-21-47-38-37(27(6)17-32(40(45)50-31)42(29,38)46)51-39(44)28-12-14-33-34(18-28)49-22-48-33/h8-12,14-18,23-24,26,30-32,35-38,43,46H,7,13,19-22H2,1-6H3/b9-8+,25-11+,29-10+/t23-,24-,26-,30+,31-,32-,35-,36+,37+,38+,41+,42+/m0/s1. The van der Waals surface area contributed by atoms with E-state index in [4.69, 9.17) is 33.2 Å². The lowest BCUT2D eigenvalue weighted by atomic mass is 9.70. The number of carbonyl (C=O) groups excluding carboxylic acids is 2. The molecule has 5 heterocycles. The molecule has 0 saturated carbocycles. The lowest BCUT2D eigenvalue weighted by molar-refractivity contribution is -0.300. The highest BCUT2D eigenvalue weighted by Gasteiger charge is 2.61. The second kappa shape index (κ2) is 14.8. The number of esters is 2. The quantitative estimate of drug-likeness (QED) is 0.283. The topological polar surface area (TPSA) is 139 Å². The molecule has 1 aliphatic carbocycles. The van der Waals surface area contributed by atoms with Crippen LogP contribution in [-0.2, 0) is 28.5 Å². The summed E-state index contributed by atoms with van der Waals surface area (Å²) in [5.74, 6) is -2.38. The van der Waals surface area contributed by atoms with Crippen molar-refractivity contribution in [3.63, 3.8) is 0 Å². The molecule has 6 aliphatic rings. The molecular formula is C42H52O11. The van der Waals surface area contributed by atoms with Gasteiger partial charge in [0, 0.05) is 24.7 Å². The van der Waals surface area contributed by atoms with Crippen LogP contribution in [0, 0.1) is 23.7 Å². The fourth-order valence-corrected chi connectivity index (χ4v) is 8.50. The minimum Gasteiger partial charge on any atom is -0.462 e. The average Bonchev–Trinajstić information content (AvgIpc) is 3.75. The van der Waals surface area contributed by atoms with Crippen molar-refractivity contribution in [2.75, 3.05) is 13.4 Å². The Kier molecular flexibility index (Phi) is 10.5. The van der Waals surface area contributed by atoms with Crippen LogP contribution in [0.3, 0.4) is 0 Å². The number of allylic oxidation sites excluding steroid dienone is 2. The molecule has 12 atom stereocenters. The van der Waals surface area contributed by atoms with Crippen molar-refractivity contribution in [1.29, 1.82) is 0 Å². The van der Waals surface area contributed by atoms with E-state index in [-0.39, 0.29) is 55.3 Å². The first kappa shape index (κ1) is 37.6. The summed E-state index contributed by atoms with van der Waals surface area (Å²) >= 11 is 0. The van der Waals surface area contributed by atoms with Crippen LogP contribution in [0.2, 0.25) is 0 Å². The second-order valence-electron chi connectivity index (χ2n) is 15.6. The van der Waals surface area contributed by atoms with E-state index in [2.05, 4.69) is 26.8 Å². The lowest BCUT2D eigenvalue weighted by Gasteiger charge is -2.48. The molecule has 2 saturated heterocycles. The van der Waals surface area contributed by atoms with Gasteiger partial charge in [0.2, 0.25) is 6.79 Å². The van der Waals surface area contributed by atoms with Crippen molar-refractivity contribution < 1.29 is 53.0 Å². The number of ether oxygens (including phenoxy) is 7. The van der Waals surface area contributed by atoms with E-state index in [9.17, 15) is 19.8 Å². The van der Waals surface area contributed by atoms with Gasteiger partial charge < -0.3 is 43.4 Å². The minimum absolute atomic E-state index is 0.0133. The molecule has 0 unspecified atom stereocenters. The van der Waals surface area contributed by atoms with Crippen LogP contribution in [0.4, 0.5) is 0 Å². The normalized spacial score (nSPS) is 41.2. The molecule has 11 nitrogen and oxygen atoms in total. The summed E-state index contributed by atoms with van der Waals surface area (Å²) < 4.78 is 42.9. The molecule has 5 aliphatic heterocycles. The minimum atomic E-state index is -1.91. The maximum absolute atomic E-state index is 14.5. The van der Waals surface area contributed by atoms with Crippen LogP contribution in [0.5, 0.6) is 11.5 Å². The molecule has 0 radical (unpaired) electrons. The zero-order chi connectivity index (χ0) is 37.7. The highest BCUT2D eigenvalue weighted by atomic mass is 16.7. The van der Waals surface area contributed by atoms with Crippen LogP contribution in [0.1, 0.15) is 77.6 Å². The smallest absolute Gasteiger partial charge is 0.338 e. The zero-order valence-corrected chi connectivity index (χ0v) is 31.4. The monoisotopic (exact) mass is 732 g/mol. The van der Waals surface area contributed by atoms with Gasteiger partial charge in [-0.1, -0.05) is 70.6 Å². The number of benzene rings is 1. The molecule has 53 heavy (non-hydrogen) atoms. The van der Waals surface area contributed by atoms with E-state index in [1.807, 2.05) is 32.1 Å². The Morgan fingerprint density at radius 2 is 1.85 bits per heavy atom. The van der Waals surface area contributed by atoms with Gasteiger partial charge in [-0.2, -0.15) is 0 Å². The predicted octanol–water partition coefficient (Wildman–Crippen LogP) is 5.90. The van der Waals surface area contributed by atoms with E-state index in [0.29, 0.717) is 35.5 Å². The second-order valence-corrected chi connectivity index (χ2v) is 15.6. The summed E-state index contributed by atoms with van der Waals surface area (Å²) in [6, 6.07) is 4.78. The van der Waals surface area contributed by atoms with Crippen molar-refractivity contribution in [3.8, 4) is 11.5 Å². The number of carbonyl (C=O) groups is 2. The Balaban J connectivity index is 1.24. The maximum atomic E-state index is 14.5. The molecule has 2 fully saturated rings. The van der Waals surface area contributed by atoms with Crippen LogP contribution < -0.4 is 9.47 Å². The molecule has 2 N–H and O–H groups in total. The lowest BCUT2D eigenvalue weighted by Crippen LogP contribution is -2.59. The van der Waals surface area contributed by atoms with Crippen LogP contribution in [-0.4, -0.2) is 83.6 Å². The van der Waals surface area contributed by atoms with Gasteiger partial charge in [0.25, 0.3) is 0 Å². The number of rotatable bonds is 4. The van der Waals surface area contributed by atoms with Gasteiger partial charge in [0.15, 0.2) is 23.4 Å². The fourth-order valence-electron chi connectivity index (χ4n) is 8.50. The average molecular weight is 733 g/mol. The third-order valence-electron chi connectivity index (χ3n) is 11.9. The summed E-state index contributed by atoms with van der Waals surface area (Å²) in [6.07, 6.45) is 11.2. The molecule has 1 spiro atoms. The first-order chi connectivity index (χ1) is 25.3. The van der Waals surface area contributed by atoms with Gasteiger partial charge in [0.1, 0.15) is 23.7 Å². The van der Waals surface area contributed by atoms with Crippen molar-refractivity contribution >= 4 is 11.9 Å². The van der Waals surface area contributed by atoms with E-state index < -0.39 is 53.7 Å². The van der Waals surface area contributed by atoms with Crippen LogP contribution >= 0.6 is 0 Å². The SMILES string of the molecule is CC[C@H](C)[C@H]1O[C@]2(C=C[C@@H]1C)C[C@@H]1C[C@@H](C/C=C(\C)[C@@H](O)[C@@H](C)/C=C/C=C3\CO[C@@H]4[C@H](OC(=O)c5ccc6c(c5)OCO6)C(C)=C[C@@H](C(=O)O1)[C@]34O)O2. The molecule has 11 heteroatoms. The van der Waals surface area contributed by atoms with Crippen molar-refractivity contribution in [2.24, 2.45) is 23.7 Å². The first-order valence-corrected chi connectivity index (χ1v) is 18.9. The van der Waals surface area contributed by atoms with Crippen LogP contribution in [0.15, 0.2) is 77.5 Å². The van der Waals surface area contributed by atoms with Gasteiger partial charge >= 0.3 is 11.9 Å². The molecule has 1 aromatic carbocycles. The predicted molar refractivity (Wildman–Crippen MR) is 194 cm³/mol. The molecule has 0 amide bonds. The number of hydrogen-bond acceptors (Lipinski definition) is 11. The molecule has 286 valence electrons. The largest absolute Gasteiger partial charge is 0.462 e. The third kappa shape index (κ3) is 7.14. The Labute approximate surface area is 311 Å². The zero-order valence-electron chi connectivity index (χ0n) is 31.4. The highest BCUT2D eigenvalue weighted by molar-refractivity contribution is 5.90. The fraction of sp³-hybridized carbons (Fsp3) is 0.571. The number of aliphatic hydroxyl groups is 2. The summed E-state index contributed by atoms with van der Waals surface area (Å²) in [5.41, 5.74) is 0.113. The van der Waals surface area contributed by atoms with Gasteiger partial charge in [-0.05, 0) is 67.2 Å². The Hall–Kier alpha value is -3.74. The van der Waals surface area contributed by atoms with E-state index in [1.165, 1.54) is 0 Å². The first-order valence-electron chi connectivity index (χ1n) is 18.9. The number of fused-ring (bicyclic) bond motifs is 3. The van der Waals surface area contributed by atoms with Gasteiger partial charge in [-0.25, -0.2) is 4.79 Å². The maximum Gasteiger partial charge on any atom is 0.338 e. The van der Waals surface area contributed by atoms with E-state index in [1.54, 1.807) is 43.4 Å². The third-order valence-corrected chi connectivity index (χ3v) is 11.9. The molecular weight excluding hydrogens is 680 g/mol. The van der Waals surface area contributed by atoms with E-state index >= 15 is 0 Å². The molecule has 2 bridgehead atoms. The van der Waals surface area contributed by atoms with Gasteiger partial charge in [-0.15, -0.1) is 0 Å². The van der Waals surface area contributed by atoms with Crippen molar-refractivity contribution in [2.45, 2.75) is 115 Å². The number of aliphatic hydroxyl groups excluding tert-OH is 1. The molecule has 7 rings (SSSR count). The molecule has 0 aromatic heterocycles. The van der Waals surface area contributed by atoms with Crippen molar-refractivity contribution in [1.82, 2.24) is 0 Å². The summed E-state index contributed by atoms with van der Waals surface area (Å²) in [7, 11) is 0. The highest BCUT2D eigenvalue weighted by Crippen LogP contribution is 2.48.